The molecular formula is C13H27N3O3S. The van der Waals surface area contributed by atoms with Crippen LogP contribution in [0.2, 0.25) is 0 Å². The Kier molecular flexibility index (Phi) is 6.42. The molecule has 1 N–H and O–H groups in total. The molecule has 118 valence electrons. The van der Waals surface area contributed by atoms with Gasteiger partial charge in [-0.3, -0.25) is 4.79 Å². The number of nitrogens with one attached hydrogen (secondary N) is 1. The minimum absolute atomic E-state index is 0.0422. The lowest BCUT2D eigenvalue weighted by Gasteiger charge is -2.34. The summed E-state index contributed by atoms with van der Waals surface area (Å²) in [6.45, 7) is 9.18. The molecule has 6 nitrogen and oxygen atoms in total. The number of hydrogen-bond donors (Lipinski definition) is 1. The van der Waals surface area contributed by atoms with Crippen molar-refractivity contribution in [2.45, 2.75) is 46.6 Å². The monoisotopic (exact) mass is 305 g/mol. The molecule has 1 heterocycles. The maximum Gasteiger partial charge on any atom is 0.281 e. The molecule has 0 aromatic heterocycles. The molecule has 1 saturated heterocycles. The van der Waals surface area contributed by atoms with Gasteiger partial charge in [0.15, 0.2) is 0 Å². The van der Waals surface area contributed by atoms with Gasteiger partial charge in [-0.25, -0.2) is 0 Å². The number of nitrogens with zero attached hydrogens (tertiary/aromatic N) is 2. The molecule has 1 atom stereocenters. The Morgan fingerprint density at radius 2 is 1.95 bits per heavy atom. The predicted molar refractivity (Wildman–Crippen MR) is 79.4 cm³/mol. The van der Waals surface area contributed by atoms with Gasteiger partial charge in [0.05, 0.1) is 5.92 Å². The highest BCUT2D eigenvalue weighted by molar-refractivity contribution is 7.86. The van der Waals surface area contributed by atoms with Crippen LogP contribution in [0.1, 0.15) is 40.5 Å². The van der Waals surface area contributed by atoms with Gasteiger partial charge in [0.1, 0.15) is 0 Å². The summed E-state index contributed by atoms with van der Waals surface area (Å²) in [6.07, 6.45) is 1.49. The van der Waals surface area contributed by atoms with Crippen molar-refractivity contribution in [2.75, 3.05) is 26.2 Å². The topological polar surface area (TPSA) is 69.7 Å². The van der Waals surface area contributed by atoms with Crippen molar-refractivity contribution in [1.82, 2.24) is 13.9 Å². The summed E-state index contributed by atoms with van der Waals surface area (Å²) in [4.78, 5) is 12.0. The third kappa shape index (κ3) is 4.17. The second-order valence-corrected chi connectivity index (χ2v) is 7.38. The Balaban J connectivity index is 2.76. The molecule has 1 rings (SSSR count). The van der Waals surface area contributed by atoms with Gasteiger partial charge in [-0.05, 0) is 26.7 Å². The van der Waals surface area contributed by atoms with Gasteiger partial charge in [0.2, 0.25) is 5.91 Å². The van der Waals surface area contributed by atoms with Crippen LogP contribution >= 0.6 is 0 Å². The van der Waals surface area contributed by atoms with E-state index in [1.807, 2.05) is 27.7 Å². The molecule has 1 unspecified atom stereocenters. The highest BCUT2D eigenvalue weighted by Crippen LogP contribution is 2.21. The van der Waals surface area contributed by atoms with Crippen molar-refractivity contribution < 1.29 is 13.2 Å². The second-order valence-electron chi connectivity index (χ2n) is 5.45. The van der Waals surface area contributed by atoms with E-state index < -0.39 is 10.2 Å². The average molecular weight is 305 g/mol. The fourth-order valence-corrected chi connectivity index (χ4v) is 4.19. The largest absolute Gasteiger partial charge is 0.354 e. The minimum Gasteiger partial charge on any atom is -0.354 e. The molecule has 0 aromatic carbocycles. The maximum atomic E-state index is 12.5. The Morgan fingerprint density at radius 1 is 1.35 bits per heavy atom. The first-order valence-electron chi connectivity index (χ1n) is 7.38. The van der Waals surface area contributed by atoms with Crippen LogP contribution < -0.4 is 5.32 Å². The van der Waals surface area contributed by atoms with Crippen LogP contribution in [0.4, 0.5) is 0 Å². The molecule has 0 bridgehead atoms. The minimum atomic E-state index is -3.43. The van der Waals surface area contributed by atoms with Crippen molar-refractivity contribution in [3.63, 3.8) is 0 Å². The number of piperidine rings is 1. The summed E-state index contributed by atoms with van der Waals surface area (Å²) in [6, 6.07) is 0.0808. The van der Waals surface area contributed by atoms with Crippen molar-refractivity contribution >= 4 is 16.1 Å². The number of carbonyl (C=O) groups excluding carboxylic acids is 1. The molecule has 0 radical (unpaired) electrons. The van der Waals surface area contributed by atoms with Gasteiger partial charge in [-0.1, -0.05) is 13.8 Å². The first kappa shape index (κ1) is 17.4. The van der Waals surface area contributed by atoms with E-state index in [0.29, 0.717) is 19.6 Å². The van der Waals surface area contributed by atoms with Crippen LogP contribution in [-0.4, -0.2) is 55.2 Å². The van der Waals surface area contributed by atoms with E-state index >= 15 is 0 Å². The molecule has 0 aliphatic carbocycles. The normalized spacial score (nSPS) is 21.4. The highest BCUT2D eigenvalue weighted by Gasteiger charge is 2.34. The second kappa shape index (κ2) is 7.38. The van der Waals surface area contributed by atoms with Crippen molar-refractivity contribution in [3.05, 3.63) is 0 Å². The summed E-state index contributed by atoms with van der Waals surface area (Å²) in [5, 5.41) is 2.87. The third-order valence-corrected chi connectivity index (χ3v) is 5.70. The summed E-state index contributed by atoms with van der Waals surface area (Å²) >= 11 is 0. The first-order chi connectivity index (χ1) is 9.32. The summed E-state index contributed by atoms with van der Waals surface area (Å²) < 4.78 is 27.8. The molecule has 1 aliphatic rings. The van der Waals surface area contributed by atoms with E-state index in [1.54, 1.807) is 0 Å². The van der Waals surface area contributed by atoms with E-state index in [9.17, 15) is 13.2 Å². The van der Waals surface area contributed by atoms with Gasteiger partial charge < -0.3 is 5.32 Å². The van der Waals surface area contributed by atoms with E-state index in [-0.39, 0.29) is 24.4 Å². The molecule has 1 amide bonds. The molecule has 20 heavy (non-hydrogen) atoms. The van der Waals surface area contributed by atoms with E-state index in [1.165, 1.54) is 8.61 Å². The van der Waals surface area contributed by atoms with Gasteiger partial charge in [0, 0.05) is 32.2 Å². The maximum absolute atomic E-state index is 12.5. The van der Waals surface area contributed by atoms with Crippen LogP contribution in [0, 0.1) is 5.92 Å². The predicted octanol–water partition coefficient (Wildman–Crippen LogP) is 0.810. The van der Waals surface area contributed by atoms with Crippen LogP contribution in [0.3, 0.4) is 0 Å². The van der Waals surface area contributed by atoms with Crippen molar-refractivity contribution in [3.8, 4) is 0 Å². The molecule has 1 aliphatic heterocycles. The number of rotatable bonds is 6. The van der Waals surface area contributed by atoms with Gasteiger partial charge >= 0.3 is 0 Å². The molecule has 0 spiro atoms. The molecule has 1 fully saturated rings. The Morgan fingerprint density at radius 3 is 2.45 bits per heavy atom. The van der Waals surface area contributed by atoms with Gasteiger partial charge in [0.25, 0.3) is 10.2 Å². The number of amides is 1. The molecule has 0 saturated carbocycles. The smallest absolute Gasteiger partial charge is 0.281 e. The van der Waals surface area contributed by atoms with Crippen LogP contribution in [-0.2, 0) is 15.0 Å². The van der Waals surface area contributed by atoms with E-state index in [4.69, 9.17) is 0 Å². The lowest BCUT2D eigenvalue weighted by Crippen LogP contribution is -2.51. The molecular weight excluding hydrogens is 278 g/mol. The summed E-state index contributed by atoms with van der Waals surface area (Å²) in [7, 11) is -3.43. The standard InChI is InChI=1S/C13H27N3O3S/c1-5-15(6-2)20(18,19)16-9-7-8-12(10-16)13(17)14-11(3)4/h11-12H,5-10H2,1-4H3,(H,14,17). The number of carbonyl (C=O) groups is 1. The lowest BCUT2D eigenvalue weighted by molar-refractivity contribution is -0.126. The van der Waals surface area contributed by atoms with E-state index in [0.717, 1.165) is 12.8 Å². The third-order valence-electron chi connectivity index (χ3n) is 3.54. The molecule has 0 aromatic rings. The fraction of sp³-hybridized carbons (Fsp3) is 0.923. The highest BCUT2D eigenvalue weighted by atomic mass is 32.2. The zero-order valence-corrected chi connectivity index (χ0v) is 13.7. The summed E-state index contributed by atoms with van der Waals surface area (Å²) in [5.41, 5.74) is 0. The SMILES string of the molecule is CCN(CC)S(=O)(=O)N1CCCC(C(=O)NC(C)C)C1. The van der Waals surface area contributed by atoms with Crippen LogP contribution in [0.25, 0.3) is 0 Å². The molecule has 7 heteroatoms. The summed E-state index contributed by atoms with van der Waals surface area (Å²) in [5.74, 6) is -0.282. The number of hydrogen-bond acceptors (Lipinski definition) is 3. The van der Waals surface area contributed by atoms with Crippen molar-refractivity contribution in [1.29, 1.82) is 0 Å². The van der Waals surface area contributed by atoms with Gasteiger partial charge in [-0.15, -0.1) is 0 Å². The van der Waals surface area contributed by atoms with Crippen molar-refractivity contribution in [2.24, 2.45) is 5.92 Å². The lowest BCUT2D eigenvalue weighted by atomic mass is 9.98. The Labute approximate surface area is 122 Å². The zero-order valence-electron chi connectivity index (χ0n) is 12.9. The van der Waals surface area contributed by atoms with E-state index in [2.05, 4.69) is 5.32 Å². The first-order valence-corrected chi connectivity index (χ1v) is 8.78. The van der Waals surface area contributed by atoms with Gasteiger partial charge in [-0.2, -0.15) is 17.0 Å². The Bertz CT molecular complexity index is 419. The fourth-order valence-electron chi connectivity index (χ4n) is 2.48. The van der Waals surface area contributed by atoms with Crippen LogP contribution in [0.15, 0.2) is 0 Å². The zero-order chi connectivity index (χ0) is 15.3. The quantitative estimate of drug-likeness (QED) is 0.789. The Hall–Kier alpha value is -0.660. The van der Waals surface area contributed by atoms with Crippen LogP contribution in [0.5, 0.6) is 0 Å². The average Bonchev–Trinajstić information content (AvgIpc) is 2.39.